The third kappa shape index (κ3) is 8.80. The number of carbonyl (C=O) groups is 1. The van der Waals surface area contributed by atoms with Crippen molar-refractivity contribution in [1.29, 1.82) is 0 Å². The predicted molar refractivity (Wildman–Crippen MR) is 267 cm³/mol. The number of piperazine rings is 1. The summed E-state index contributed by atoms with van der Waals surface area (Å²) in [4.78, 5) is 37.7. The van der Waals surface area contributed by atoms with Crippen LogP contribution in [-0.4, -0.2) is 102 Å². The molecule has 71 heavy (non-hydrogen) atoms. The molecule has 7 aromatic rings. The lowest BCUT2D eigenvalue weighted by Gasteiger charge is -2.36. The third-order valence-corrected chi connectivity index (χ3v) is 14.9. The summed E-state index contributed by atoms with van der Waals surface area (Å²) in [5.74, 6) is 1.87. The number of aryl methyl sites for hydroxylation is 2. The van der Waals surface area contributed by atoms with Crippen molar-refractivity contribution in [3.05, 3.63) is 100 Å². The summed E-state index contributed by atoms with van der Waals surface area (Å²) in [7, 11) is 0. The molecule has 3 atom stereocenters. The lowest BCUT2D eigenvalue weighted by atomic mass is 9.88. The maximum Gasteiger partial charge on any atom is 0.410 e. The Balaban J connectivity index is 0.991. The van der Waals surface area contributed by atoms with E-state index in [1.165, 1.54) is 0 Å². The van der Waals surface area contributed by atoms with Gasteiger partial charge in [0.15, 0.2) is 12.0 Å². The van der Waals surface area contributed by atoms with Crippen molar-refractivity contribution in [2.24, 2.45) is 0 Å². The molecule has 12 rings (SSSR count). The van der Waals surface area contributed by atoms with Gasteiger partial charge in [0, 0.05) is 84.5 Å². The molecule has 4 aromatic heterocycles. The van der Waals surface area contributed by atoms with E-state index < -0.39 is 5.60 Å². The van der Waals surface area contributed by atoms with Gasteiger partial charge in [0.25, 0.3) is 0 Å². The Kier molecular flexibility index (Phi) is 11.6. The molecule has 0 spiro atoms. The fourth-order valence-electron chi connectivity index (χ4n) is 11.3. The van der Waals surface area contributed by atoms with Crippen molar-refractivity contribution in [2.45, 2.75) is 142 Å². The molecule has 5 fully saturated rings. The van der Waals surface area contributed by atoms with Crippen LogP contribution in [0.1, 0.15) is 124 Å². The van der Waals surface area contributed by atoms with Crippen molar-refractivity contribution in [3.8, 4) is 22.9 Å². The van der Waals surface area contributed by atoms with E-state index in [0.29, 0.717) is 80.3 Å². The Labute approximate surface area is 412 Å². The minimum Gasteiger partial charge on any atom is -0.486 e. The van der Waals surface area contributed by atoms with Gasteiger partial charge in [-0.05, 0) is 120 Å². The fourth-order valence-corrected chi connectivity index (χ4v) is 11.3. The summed E-state index contributed by atoms with van der Waals surface area (Å²) in [6.45, 7) is 14.7. The number of anilines is 1. The molecule has 16 heteroatoms. The molecule has 3 aromatic carbocycles. The molecule has 1 saturated carbocycles. The van der Waals surface area contributed by atoms with Crippen LogP contribution in [0, 0.1) is 26.6 Å². The smallest absolute Gasteiger partial charge is 0.410 e. The maximum absolute atomic E-state index is 16.8. The minimum absolute atomic E-state index is 0.00335. The van der Waals surface area contributed by atoms with Crippen LogP contribution < -0.4 is 14.4 Å². The van der Waals surface area contributed by atoms with Gasteiger partial charge in [-0.2, -0.15) is 15.1 Å². The molecule has 4 aliphatic heterocycles. The van der Waals surface area contributed by atoms with Crippen LogP contribution in [0.5, 0.6) is 11.8 Å². The highest BCUT2D eigenvalue weighted by atomic mass is 19.1. The number of benzene rings is 3. The number of likely N-dealkylation sites (tertiary alicyclic amines) is 1. The standard InChI is InChI=1S/C55H62FN9O6/c1-31-21-32(2)62-27-37(59-52(62)58-31)22-34-10-12-35(13-11-34)30-69-50-48(47-33(3)44(56)25-45-43(47)26-57-65(45)46-9-7-8-18-68-46)41(36-14-15-36)24-42-49(50)60-53(70-40-16-19-67-20-17-40)61-51(42)63-28-39-23-38(63)29-64(39)54(66)71-55(4,5)6/h10-13,21,24-27,36,38-40,46H,7-9,14-20,22-23,28-30H2,1-6H3/t38-,39-,46?/m0/s1. The van der Waals surface area contributed by atoms with Gasteiger partial charge in [-0.1, -0.05) is 24.3 Å². The Morgan fingerprint density at radius 1 is 0.859 bits per heavy atom. The largest absolute Gasteiger partial charge is 0.486 e. The number of amides is 1. The average molecular weight is 964 g/mol. The molecule has 1 unspecified atom stereocenters. The maximum atomic E-state index is 16.8. The van der Waals surface area contributed by atoms with E-state index >= 15 is 4.39 Å². The van der Waals surface area contributed by atoms with Crippen LogP contribution in [-0.2, 0) is 27.2 Å². The van der Waals surface area contributed by atoms with Crippen molar-refractivity contribution >= 4 is 39.5 Å². The zero-order valence-electron chi connectivity index (χ0n) is 41.5. The van der Waals surface area contributed by atoms with E-state index in [1.807, 2.05) is 54.8 Å². The molecule has 5 aliphatic rings. The molecule has 4 saturated heterocycles. The number of fused-ring (bicyclic) bond motifs is 5. The lowest BCUT2D eigenvalue weighted by molar-refractivity contribution is -0.0366. The molecule has 1 aliphatic carbocycles. The second-order valence-electron chi connectivity index (χ2n) is 21.4. The van der Waals surface area contributed by atoms with Crippen molar-refractivity contribution < 1.29 is 32.9 Å². The first-order valence-electron chi connectivity index (χ1n) is 25.5. The van der Waals surface area contributed by atoms with Crippen molar-refractivity contribution in [2.75, 3.05) is 37.8 Å². The molecule has 370 valence electrons. The SMILES string of the molecule is Cc1cc(C)n2cc(Cc3ccc(COc4c(-c5c(C)c(F)cc6c5cnn6C5CCCCO5)c(C5CC5)cc5c(N6C[C@@H]7C[C@H]6CN7C(=O)OC(C)(C)C)nc(OC6CCOCC6)nc45)cc3)nc2n1. The van der Waals surface area contributed by atoms with Crippen molar-refractivity contribution in [3.63, 3.8) is 0 Å². The molecule has 15 nitrogen and oxygen atoms in total. The number of nitrogens with zero attached hydrogens (tertiary/aromatic N) is 9. The van der Waals surface area contributed by atoms with Gasteiger partial charge in [0.1, 0.15) is 35.5 Å². The first-order chi connectivity index (χ1) is 34.3. The Morgan fingerprint density at radius 2 is 1.66 bits per heavy atom. The quantitative estimate of drug-likeness (QED) is 0.122. The van der Waals surface area contributed by atoms with Crippen molar-refractivity contribution in [1.82, 2.24) is 39.0 Å². The van der Waals surface area contributed by atoms with Gasteiger partial charge < -0.3 is 33.5 Å². The van der Waals surface area contributed by atoms with Crippen LogP contribution in [0.15, 0.2) is 54.9 Å². The molecule has 0 radical (unpaired) electrons. The highest BCUT2D eigenvalue weighted by Gasteiger charge is 2.48. The summed E-state index contributed by atoms with van der Waals surface area (Å²) in [5, 5.41) is 6.56. The summed E-state index contributed by atoms with van der Waals surface area (Å²) >= 11 is 0. The zero-order chi connectivity index (χ0) is 48.7. The summed E-state index contributed by atoms with van der Waals surface area (Å²) < 4.78 is 52.5. The first-order valence-corrected chi connectivity index (χ1v) is 25.5. The predicted octanol–water partition coefficient (Wildman–Crippen LogP) is 10.3. The lowest BCUT2D eigenvalue weighted by Crippen LogP contribution is -2.50. The monoisotopic (exact) mass is 963 g/mol. The first kappa shape index (κ1) is 45.7. The van der Waals surface area contributed by atoms with Gasteiger partial charge in [-0.3, -0.25) is 4.40 Å². The number of rotatable bonds is 11. The van der Waals surface area contributed by atoms with E-state index in [-0.39, 0.29) is 54.9 Å². The van der Waals surface area contributed by atoms with E-state index in [1.54, 1.807) is 6.07 Å². The van der Waals surface area contributed by atoms with Crippen LogP contribution in [0.4, 0.5) is 15.0 Å². The normalized spacial score (nSPS) is 20.7. The van der Waals surface area contributed by atoms with Gasteiger partial charge in [0.2, 0.25) is 5.78 Å². The number of aromatic nitrogens is 7. The highest BCUT2D eigenvalue weighted by molar-refractivity contribution is 6.06. The minimum atomic E-state index is -0.604. The number of ether oxygens (including phenoxy) is 5. The van der Waals surface area contributed by atoms with Crippen LogP contribution in [0.25, 0.3) is 38.7 Å². The number of hydrogen-bond acceptors (Lipinski definition) is 12. The molecule has 0 N–H and O–H groups in total. The molecule has 1 amide bonds. The third-order valence-electron chi connectivity index (χ3n) is 14.9. The fraction of sp³-hybridized carbons (Fsp3) is 0.491. The second kappa shape index (κ2) is 18.0. The number of halogens is 1. The van der Waals surface area contributed by atoms with E-state index in [9.17, 15) is 4.79 Å². The van der Waals surface area contributed by atoms with Gasteiger partial charge in [-0.25, -0.2) is 23.8 Å². The molecule has 2 bridgehead atoms. The average Bonchev–Trinajstić information content (AvgIpc) is 3.59. The van der Waals surface area contributed by atoms with Gasteiger partial charge in [-0.15, -0.1) is 0 Å². The van der Waals surface area contributed by atoms with E-state index in [0.717, 1.165) is 100 Å². The molecular formula is C55H62FN9O6. The molecular weight excluding hydrogens is 902 g/mol. The summed E-state index contributed by atoms with van der Waals surface area (Å²) in [5.41, 5.74) is 8.84. The number of hydrogen-bond donors (Lipinski definition) is 0. The van der Waals surface area contributed by atoms with E-state index in [4.69, 9.17) is 43.7 Å². The van der Waals surface area contributed by atoms with Gasteiger partial charge >= 0.3 is 12.1 Å². The van der Waals surface area contributed by atoms with Crippen LogP contribution >= 0.6 is 0 Å². The van der Waals surface area contributed by atoms with Crippen LogP contribution in [0.2, 0.25) is 0 Å². The highest BCUT2D eigenvalue weighted by Crippen LogP contribution is 2.54. The number of imidazole rings is 1. The topological polar surface area (TPSA) is 143 Å². The second-order valence-corrected chi connectivity index (χ2v) is 21.4. The molecule has 8 heterocycles. The Bertz CT molecular complexity index is 3190. The Hall–Kier alpha value is -6.39. The van der Waals surface area contributed by atoms with E-state index in [2.05, 4.69) is 59.4 Å². The Morgan fingerprint density at radius 3 is 2.39 bits per heavy atom. The zero-order valence-corrected chi connectivity index (χ0v) is 41.5. The van der Waals surface area contributed by atoms with Crippen LogP contribution in [0.3, 0.4) is 0 Å². The summed E-state index contributed by atoms with van der Waals surface area (Å²) in [6.07, 6.45) is 10.8. The number of carbonyl (C=O) groups excluding carboxylic acids is 1. The van der Waals surface area contributed by atoms with Gasteiger partial charge in [0.05, 0.1) is 42.7 Å². The summed E-state index contributed by atoms with van der Waals surface area (Å²) in [6, 6.07) is 14.5.